The number of nitrogens with zero attached hydrogens (tertiary/aromatic N) is 4. The van der Waals surface area contributed by atoms with E-state index in [2.05, 4.69) is 26.6 Å². The number of anilines is 2. The van der Waals surface area contributed by atoms with Crippen LogP contribution in [0.25, 0.3) is 21.9 Å². The molecule has 1 saturated carbocycles. The van der Waals surface area contributed by atoms with E-state index in [1.807, 2.05) is 30.9 Å². The van der Waals surface area contributed by atoms with Crippen molar-refractivity contribution in [2.75, 3.05) is 11.1 Å². The number of fused-ring (bicyclic) bond motifs is 1. The van der Waals surface area contributed by atoms with E-state index in [9.17, 15) is 4.79 Å². The Morgan fingerprint density at radius 2 is 2.00 bits per heavy atom. The van der Waals surface area contributed by atoms with Crippen LogP contribution in [0.15, 0.2) is 60.8 Å². The lowest BCUT2D eigenvalue weighted by Gasteiger charge is -2.22. The number of carbonyl (C=O) groups is 1. The summed E-state index contributed by atoms with van der Waals surface area (Å²) in [7, 11) is 1.92. The Kier molecular flexibility index (Phi) is 6.03. The number of pyridine rings is 2. The highest BCUT2D eigenvalue weighted by Gasteiger charge is 2.20. The molecule has 3 heterocycles. The molecule has 0 aliphatic heterocycles. The third-order valence-electron chi connectivity index (χ3n) is 6.74. The van der Waals surface area contributed by atoms with Crippen LogP contribution in [0.4, 0.5) is 15.9 Å². The van der Waals surface area contributed by atoms with Gasteiger partial charge in [0.25, 0.3) is 0 Å². The van der Waals surface area contributed by atoms with E-state index in [0.29, 0.717) is 33.6 Å². The second-order valence-electron chi connectivity index (χ2n) is 9.15. The summed E-state index contributed by atoms with van der Waals surface area (Å²) in [5.74, 6) is 0.154. The van der Waals surface area contributed by atoms with Crippen molar-refractivity contribution < 1.29 is 9.18 Å². The Morgan fingerprint density at radius 3 is 2.71 bits per heavy atom. The first-order chi connectivity index (χ1) is 16.9. The lowest BCUT2D eigenvalue weighted by atomic mass is 9.82. The highest BCUT2D eigenvalue weighted by molar-refractivity contribution is 6.02. The van der Waals surface area contributed by atoms with Crippen LogP contribution in [0.2, 0.25) is 0 Å². The first-order valence-corrected chi connectivity index (χ1v) is 11.7. The first kappa shape index (κ1) is 22.7. The zero-order valence-corrected chi connectivity index (χ0v) is 19.8. The molecule has 35 heavy (non-hydrogen) atoms. The minimum atomic E-state index is -0.501. The van der Waals surface area contributed by atoms with E-state index in [-0.39, 0.29) is 11.6 Å². The first-order valence-electron chi connectivity index (χ1n) is 11.7. The van der Waals surface area contributed by atoms with E-state index in [1.54, 1.807) is 30.6 Å². The van der Waals surface area contributed by atoms with Gasteiger partial charge in [0, 0.05) is 54.4 Å². The SMILES string of the molecule is Cc1ccncc1-c1cc2cc(NC(=O)C=C3CCC(c4cnn(C)c4)CC3)ncc2c(N)c1F. The lowest BCUT2D eigenvalue weighted by molar-refractivity contribution is -0.112. The number of halogens is 1. The van der Waals surface area contributed by atoms with Crippen LogP contribution < -0.4 is 11.1 Å². The van der Waals surface area contributed by atoms with Gasteiger partial charge in [-0.3, -0.25) is 14.5 Å². The van der Waals surface area contributed by atoms with Crippen molar-refractivity contribution in [3.8, 4) is 11.1 Å². The molecule has 178 valence electrons. The molecule has 0 spiro atoms. The van der Waals surface area contributed by atoms with Gasteiger partial charge >= 0.3 is 0 Å². The number of carbonyl (C=O) groups excluding carboxylic acids is 1. The van der Waals surface area contributed by atoms with Gasteiger partial charge in [-0.2, -0.15) is 5.10 Å². The maximum Gasteiger partial charge on any atom is 0.249 e. The second kappa shape index (κ2) is 9.29. The summed E-state index contributed by atoms with van der Waals surface area (Å²) < 4.78 is 16.9. The Bertz CT molecular complexity index is 1450. The zero-order chi connectivity index (χ0) is 24.5. The molecule has 1 aliphatic carbocycles. The van der Waals surface area contributed by atoms with Gasteiger partial charge in [-0.15, -0.1) is 0 Å². The summed E-state index contributed by atoms with van der Waals surface area (Å²) >= 11 is 0. The standard InChI is InChI=1S/C27H27FN6O/c1-16-7-8-30-13-22(16)21-10-19-11-24(31-14-23(19)27(29)26(21)28)33-25(35)9-17-3-5-18(6-4-17)20-12-32-34(2)15-20/h7-15,18H,3-6,29H2,1-2H3,(H,31,33,35). The van der Waals surface area contributed by atoms with E-state index < -0.39 is 5.82 Å². The maximum absolute atomic E-state index is 15.0. The molecule has 1 aromatic carbocycles. The zero-order valence-electron chi connectivity index (χ0n) is 19.8. The number of amides is 1. The molecule has 0 radical (unpaired) electrons. The predicted molar refractivity (Wildman–Crippen MR) is 135 cm³/mol. The normalized spacial score (nSPS) is 15.9. The minimum Gasteiger partial charge on any atom is -0.396 e. The van der Waals surface area contributed by atoms with Gasteiger partial charge in [0.1, 0.15) is 5.82 Å². The third-order valence-corrected chi connectivity index (χ3v) is 6.74. The smallest absolute Gasteiger partial charge is 0.249 e. The number of aromatic nitrogens is 4. The molecule has 0 bridgehead atoms. The highest BCUT2D eigenvalue weighted by Crippen LogP contribution is 2.36. The molecular formula is C27H27FN6O. The number of benzene rings is 1. The number of nitrogens with one attached hydrogen (secondary N) is 1. The van der Waals surface area contributed by atoms with Gasteiger partial charge in [-0.05, 0) is 73.2 Å². The second-order valence-corrected chi connectivity index (χ2v) is 9.15. The molecule has 7 nitrogen and oxygen atoms in total. The van der Waals surface area contributed by atoms with E-state index in [4.69, 9.17) is 5.73 Å². The van der Waals surface area contributed by atoms with Crippen molar-refractivity contribution in [1.82, 2.24) is 19.7 Å². The fourth-order valence-electron chi connectivity index (χ4n) is 4.77. The average Bonchev–Trinajstić information content (AvgIpc) is 3.28. The summed E-state index contributed by atoms with van der Waals surface area (Å²) in [6.45, 7) is 1.90. The number of rotatable bonds is 4. The quantitative estimate of drug-likeness (QED) is 0.312. The molecule has 5 rings (SSSR count). The molecule has 0 saturated heterocycles. The van der Waals surface area contributed by atoms with E-state index in [0.717, 1.165) is 36.8 Å². The molecule has 3 aromatic heterocycles. The maximum atomic E-state index is 15.0. The number of hydrogen-bond donors (Lipinski definition) is 2. The minimum absolute atomic E-state index is 0.0265. The van der Waals surface area contributed by atoms with E-state index in [1.165, 1.54) is 11.8 Å². The van der Waals surface area contributed by atoms with Gasteiger partial charge in [0.05, 0.1) is 11.9 Å². The molecule has 1 fully saturated rings. The Morgan fingerprint density at radius 1 is 1.20 bits per heavy atom. The van der Waals surface area contributed by atoms with Gasteiger partial charge < -0.3 is 11.1 Å². The van der Waals surface area contributed by atoms with Crippen molar-refractivity contribution >= 4 is 28.2 Å². The summed E-state index contributed by atoms with van der Waals surface area (Å²) in [6, 6.07) is 5.27. The van der Waals surface area contributed by atoms with Crippen molar-refractivity contribution in [1.29, 1.82) is 0 Å². The number of hydrogen-bond acceptors (Lipinski definition) is 5. The summed E-state index contributed by atoms with van der Waals surface area (Å²) in [4.78, 5) is 21.1. The fraction of sp³-hybridized carbons (Fsp3) is 0.259. The number of allylic oxidation sites excluding steroid dienone is 1. The molecule has 3 N–H and O–H groups in total. The van der Waals surface area contributed by atoms with Crippen LogP contribution in [0.5, 0.6) is 0 Å². The van der Waals surface area contributed by atoms with Crippen molar-refractivity contribution in [3.63, 3.8) is 0 Å². The lowest BCUT2D eigenvalue weighted by Crippen LogP contribution is -2.13. The number of nitrogens with two attached hydrogens (primary N) is 1. The molecule has 8 heteroatoms. The van der Waals surface area contributed by atoms with Gasteiger partial charge in [-0.1, -0.05) is 5.57 Å². The van der Waals surface area contributed by atoms with Crippen LogP contribution >= 0.6 is 0 Å². The molecular weight excluding hydrogens is 443 g/mol. The van der Waals surface area contributed by atoms with Gasteiger partial charge in [-0.25, -0.2) is 9.37 Å². The van der Waals surface area contributed by atoms with Crippen LogP contribution in [0.1, 0.15) is 42.7 Å². The predicted octanol–water partition coefficient (Wildman–Crippen LogP) is 5.28. The van der Waals surface area contributed by atoms with Crippen LogP contribution in [-0.2, 0) is 11.8 Å². The number of nitrogen functional groups attached to an aromatic ring is 1. The molecule has 4 aromatic rings. The topological polar surface area (TPSA) is 98.7 Å². The average molecular weight is 471 g/mol. The van der Waals surface area contributed by atoms with Crippen LogP contribution in [0, 0.1) is 12.7 Å². The Balaban J connectivity index is 1.33. The Labute approximate surface area is 202 Å². The molecule has 0 atom stereocenters. The van der Waals surface area contributed by atoms with Crippen LogP contribution in [0.3, 0.4) is 0 Å². The summed E-state index contributed by atoms with van der Waals surface area (Å²) in [5.41, 5.74) is 10.5. The molecule has 0 unspecified atom stereocenters. The highest BCUT2D eigenvalue weighted by atomic mass is 19.1. The summed E-state index contributed by atoms with van der Waals surface area (Å²) in [5, 5.41) is 8.30. The van der Waals surface area contributed by atoms with Crippen LogP contribution in [-0.4, -0.2) is 25.7 Å². The van der Waals surface area contributed by atoms with Crippen molar-refractivity contribution in [2.45, 2.75) is 38.5 Å². The van der Waals surface area contributed by atoms with E-state index >= 15 is 4.39 Å². The monoisotopic (exact) mass is 470 g/mol. The molecule has 1 aliphatic rings. The summed E-state index contributed by atoms with van der Waals surface area (Å²) in [6.07, 6.45) is 14.2. The number of aryl methyl sites for hydroxylation is 2. The van der Waals surface area contributed by atoms with Crippen molar-refractivity contribution in [2.24, 2.45) is 7.05 Å². The fourth-order valence-corrected chi connectivity index (χ4v) is 4.77. The molecule has 1 amide bonds. The third kappa shape index (κ3) is 4.64. The van der Waals surface area contributed by atoms with Gasteiger partial charge in [0.2, 0.25) is 5.91 Å². The van der Waals surface area contributed by atoms with Gasteiger partial charge in [0.15, 0.2) is 5.82 Å². The Hall–Kier alpha value is -4.07. The largest absolute Gasteiger partial charge is 0.396 e. The van der Waals surface area contributed by atoms with Crippen molar-refractivity contribution in [3.05, 3.63) is 77.8 Å².